The van der Waals surface area contributed by atoms with E-state index in [1.54, 1.807) is 0 Å². The standard InChI is InChI=1S/C20H23NO2/c1-15-7-9-17(10-8-15)20(18-11-12-18)21-19(22)14-23-13-16-5-3-2-4-6-16/h2-10,18,20H,11-14H2,1H3,(H,21,22). The van der Waals surface area contributed by atoms with Crippen molar-refractivity contribution in [1.29, 1.82) is 0 Å². The Morgan fingerprint density at radius 2 is 1.83 bits per heavy atom. The summed E-state index contributed by atoms with van der Waals surface area (Å²) in [5.74, 6) is 0.522. The summed E-state index contributed by atoms with van der Waals surface area (Å²) in [6.45, 7) is 2.64. The van der Waals surface area contributed by atoms with Crippen molar-refractivity contribution in [2.75, 3.05) is 6.61 Å². The number of nitrogens with one attached hydrogen (secondary N) is 1. The highest BCUT2D eigenvalue weighted by Gasteiger charge is 2.33. The van der Waals surface area contributed by atoms with E-state index >= 15 is 0 Å². The first-order chi connectivity index (χ1) is 11.2. The van der Waals surface area contributed by atoms with Gasteiger partial charge in [-0.1, -0.05) is 60.2 Å². The zero-order chi connectivity index (χ0) is 16.1. The first-order valence-electron chi connectivity index (χ1n) is 8.20. The maximum absolute atomic E-state index is 12.2. The van der Waals surface area contributed by atoms with Crippen LogP contribution >= 0.6 is 0 Å². The van der Waals surface area contributed by atoms with Gasteiger partial charge in [-0.05, 0) is 36.8 Å². The second-order valence-electron chi connectivity index (χ2n) is 6.27. The van der Waals surface area contributed by atoms with E-state index in [1.807, 2.05) is 30.3 Å². The summed E-state index contributed by atoms with van der Waals surface area (Å²) >= 11 is 0. The van der Waals surface area contributed by atoms with Crippen LogP contribution in [0.15, 0.2) is 54.6 Å². The molecular formula is C20H23NO2. The van der Waals surface area contributed by atoms with Gasteiger partial charge < -0.3 is 10.1 Å². The Hall–Kier alpha value is -2.13. The van der Waals surface area contributed by atoms with Crippen LogP contribution in [0.2, 0.25) is 0 Å². The molecule has 1 atom stereocenters. The minimum atomic E-state index is -0.0431. The van der Waals surface area contributed by atoms with Gasteiger partial charge in [0.15, 0.2) is 0 Å². The zero-order valence-electron chi connectivity index (χ0n) is 13.5. The van der Waals surface area contributed by atoms with Crippen LogP contribution in [0.4, 0.5) is 0 Å². The Bertz CT molecular complexity index is 632. The molecule has 3 nitrogen and oxygen atoms in total. The van der Waals surface area contributed by atoms with Gasteiger partial charge in [-0.15, -0.1) is 0 Å². The molecule has 2 aromatic carbocycles. The van der Waals surface area contributed by atoms with E-state index < -0.39 is 0 Å². The molecule has 1 unspecified atom stereocenters. The van der Waals surface area contributed by atoms with Crippen LogP contribution in [-0.2, 0) is 16.1 Å². The lowest BCUT2D eigenvalue weighted by Crippen LogP contribution is -2.32. The van der Waals surface area contributed by atoms with Crippen molar-refractivity contribution >= 4 is 5.91 Å². The van der Waals surface area contributed by atoms with Gasteiger partial charge in [-0.3, -0.25) is 4.79 Å². The van der Waals surface area contributed by atoms with Crippen molar-refractivity contribution in [3.63, 3.8) is 0 Å². The van der Waals surface area contributed by atoms with Crippen LogP contribution in [0, 0.1) is 12.8 Å². The zero-order valence-corrected chi connectivity index (χ0v) is 13.5. The summed E-state index contributed by atoms with van der Waals surface area (Å²) in [5.41, 5.74) is 3.51. The fraction of sp³-hybridized carbons (Fsp3) is 0.350. The van der Waals surface area contributed by atoms with E-state index in [0.717, 1.165) is 5.56 Å². The number of benzene rings is 2. The third-order valence-corrected chi connectivity index (χ3v) is 4.19. The molecule has 23 heavy (non-hydrogen) atoms. The maximum atomic E-state index is 12.2. The molecule has 0 aliphatic heterocycles. The van der Waals surface area contributed by atoms with E-state index in [-0.39, 0.29) is 18.6 Å². The van der Waals surface area contributed by atoms with Crippen molar-refractivity contribution in [2.24, 2.45) is 5.92 Å². The molecule has 0 saturated heterocycles. The number of carbonyl (C=O) groups is 1. The minimum absolute atomic E-state index is 0.0431. The molecule has 120 valence electrons. The molecular weight excluding hydrogens is 286 g/mol. The Labute approximate surface area is 137 Å². The average molecular weight is 309 g/mol. The lowest BCUT2D eigenvalue weighted by atomic mass is 10.0. The molecule has 1 N–H and O–H groups in total. The third-order valence-electron chi connectivity index (χ3n) is 4.19. The average Bonchev–Trinajstić information content (AvgIpc) is 3.39. The minimum Gasteiger partial charge on any atom is -0.367 e. The number of rotatable bonds is 7. The van der Waals surface area contributed by atoms with Gasteiger partial charge in [-0.2, -0.15) is 0 Å². The molecule has 1 amide bonds. The highest BCUT2D eigenvalue weighted by molar-refractivity contribution is 5.77. The molecule has 1 saturated carbocycles. The van der Waals surface area contributed by atoms with Crippen molar-refractivity contribution in [1.82, 2.24) is 5.32 Å². The Kier molecular flexibility index (Phi) is 5.09. The summed E-state index contributed by atoms with van der Waals surface area (Å²) in [4.78, 5) is 12.2. The predicted molar refractivity (Wildman–Crippen MR) is 90.9 cm³/mol. The predicted octanol–water partition coefficient (Wildman–Crippen LogP) is 3.78. The van der Waals surface area contributed by atoms with Gasteiger partial charge in [0.2, 0.25) is 5.91 Å². The molecule has 0 aromatic heterocycles. The van der Waals surface area contributed by atoms with Crippen molar-refractivity contribution < 1.29 is 9.53 Å². The van der Waals surface area contributed by atoms with E-state index in [9.17, 15) is 4.79 Å². The van der Waals surface area contributed by atoms with Crippen LogP contribution in [0.1, 0.15) is 35.6 Å². The smallest absolute Gasteiger partial charge is 0.246 e. The molecule has 3 heteroatoms. The number of ether oxygens (including phenoxy) is 1. The Balaban J connectivity index is 1.51. The van der Waals surface area contributed by atoms with Gasteiger partial charge in [-0.25, -0.2) is 0 Å². The highest BCUT2D eigenvalue weighted by atomic mass is 16.5. The number of hydrogen-bond donors (Lipinski definition) is 1. The van der Waals surface area contributed by atoms with Crippen molar-refractivity contribution in [2.45, 2.75) is 32.4 Å². The molecule has 1 aliphatic rings. The second-order valence-corrected chi connectivity index (χ2v) is 6.27. The molecule has 0 spiro atoms. The van der Waals surface area contributed by atoms with Crippen LogP contribution in [0.3, 0.4) is 0 Å². The molecule has 2 aromatic rings. The van der Waals surface area contributed by atoms with Gasteiger partial charge >= 0.3 is 0 Å². The normalized spacial score (nSPS) is 15.2. The first kappa shape index (κ1) is 15.8. The largest absolute Gasteiger partial charge is 0.367 e. The molecule has 3 rings (SSSR count). The maximum Gasteiger partial charge on any atom is 0.246 e. The molecule has 0 heterocycles. The second kappa shape index (κ2) is 7.42. The number of amides is 1. The topological polar surface area (TPSA) is 38.3 Å². The van der Waals surface area contributed by atoms with Crippen molar-refractivity contribution in [3.05, 3.63) is 71.3 Å². The summed E-state index contributed by atoms with van der Waals surface area (Å²) < 4.78 is 5.53. The van der Waals surface area contributed by atoms with Gasteiger partial charge in [0.25, 0.3) is 0 Å². The lowest BCUT2D eigenvalue weighted by Gasteiger charge is -2.19. The van der Waals surface area contributed by atoms with E-state index in [1.165, 1.54) is 24.0 Å². The van der Waals surface area contributed by atoms with Gasteiger partial charge in [0, 0.05) is 0 Å². The Morgan fingerprint density at radius 1 is 1.13 bits per heavy atom. The fourth-order valence-corrected chi connectivity index (χ4v) is 2.73. The summed E-state index contributed by atoms with van der Waals surface area (Å²) in [5, 5.41) is 3.14. The number of hydrogen-bond acceptors (Lipinski definition) is 2. The molecule has 1 aliphatic carbocycles. The molecule has 0 radical (unpaired) electrons. The summed E-state index contributed by atoms with van der Waals surface area (Å²) in [6.07, 6.45) is 2.37. The lowest BCUT2D eigenvalue weighted by molar-refractivity contribution is -0.127. The van der Waals surface area contributed by atoms with Gasteiger partial charge in [0.05, 0.1) is 12.6 Å². The highest BCUT2D eigenvalue weighted by Crippen LogP contribution is 2.41. The molecule has 1 fully saturated rings. The van der Waals surface area contributed by atoms with Gasteiger partial charge in [0.1, 0.15) is 6.61 Å². The van der Waals surface area contributed by atoms with E-state index in [0.29, 0.717) is 12.5 Å². The first-order valence-corrected chi connectivity index (χ1v) is 8.20. The quantitative estimate of drug-likeness (QED) is 0.845. The summed E-state index contributed by atoms with van der Waals surface area (Å²) in [6, 6.07) is 18.5. The third kappa shape index (κ3) is 4.67. The van der Waals surface area contributed by atoms with Crippen LogP contribution < -0.4 is 5.32 Å². The van der Waals surface area contributed by atoms with Crippen LogP contribution in [0.25, 0.3) is 0 Å². The number of carbonyl (C=O) groups excluding carboxylic acids is 1. The number of aryl methyl sites for hydroxylation is 1. The van der Waals surface area contributed by atoms with E-state index in [4.69, 9.17) is 4.74 Å². The van der Waals surface area contributed by atoms with Crippen molar-refractivity contribution in [3.8, 4) is 0 Å². The van der Waals surface area contributed by atoms with E-state index in [2.05, 4.69) is 36.5 Å². The fourth-order valence-electron chi connectivity index (χ4n) is 2.73. The summed E-state index contributed by atoms with van der Waals surface area (Å²) in [7, 11) is 0. The SMILES string of the molecule is Cc1ccc(C(NC(=O)COCc2ccccc2)C2CC2)cc1. The molecule has 0 bridgehead atoms. The Morgan fingerprint density at radius 3 is 2.48 bits per heavy atom. The van der Waals surface area contributed by atoms with Crippen LogP contribution in [0.5, 0.6) is 0 Å². The monoisotopic (exact) mass is 309 g/mol. The van der Waals surface area contributed by atoms with Crippen LogP contribution in [-0.4, -0.2) is 12.5 Å².